The Balaban J connectivity index is 1.80. The van der Waals surface area contributed by atoms with E-state index in [-0.39, 0.29) is 18.0 Å². The zero-order valence-electron chi connectivity index (χ0n) is 15.9. The van der Waals surface area contributed by atoms with Gasteiger partial charge in [-0.25, -0.2) is 0 Å². The van der Waals surface area contributed by atoms with Crippen molar-refractivity contribution in [3.05, 3.63) is 65.7 Å². The molecule has 0 N–H and O–H groups in total. The van der Waals surface area contributed by atoms with Crippen LogP contribution in [0.15, 0.2) is 59.5 Å². The van der Waals surface area contributed by atoms with Crippen molar-refractivity contribution in [3.8, 4) is 0 Å². The number of hydrogen-bond donors (Lipinski definition) is 0. The maximum atomic E-state index is 13.1. The summed E-state index contributed by atoms with van der Waals surface area (Å²) < 4.78 is 6.96. The minimum absolute atomic E-state index is 0.0327. The highest BCUT2D eigenvalue weighted by atomic mass is 32.2. The van der Waals surface area contributed by atoms with Crippen LogP contribution in [0.3, 0.4) is 0 Å². The van der Waals surface area contributed by atoms with Crippen molar-refractivity contribution < 1.29 is 14.0 Å². The Kier molecular flexibility index (Phi) is 6.05. The topological polar surface area (TPSA) is 26.3 Å². The average Bonchev–Trinajstić information content (AvgIpc) is 2.65. The number of hydrogen-bond acceptors (Lipinski definition) is 3. The molecule has 0 saturated carbocycles. The highest BCUT2D eigenvalue weighted by Gasteiger charge is 2.31. The SMILES string of the molecule is CSc1ccc(C(C(=O)OC2CC[N+](C)(C)CC2)c2ccccc2)cc1. The zero-order chi connectivity index (χ0) is 18.6. The summed E-state index contributed by atoms with van der Waals surface area (Å²) >= 11 is 1.70. The Morgan fingerprint density at radius 3 is 2.15 bits per heavy atom. The number of carbonyl (C=O) groups is 1. The summed E-state index contributed by atoms with van der Waals surface area (Å²) in [7, 11) is 4.47. The molecular weight excluding hydrogens is 342 g/mol. The van der Waals surface area contributed by atoms with Crippen LogP contribution in [0, 0.1) is 0 Å². The number of carbonyl (C=O) groups excluding carboxylic acids is 1. The van der Waals surface area contributed by atoms with Crippen molar-refractivity contribution in [3.63, 3.8) is 0 Å². The molecule has 1 fully saturated rings. The average molecular weight is 371 g/mol. The third kappa shape index (κ3) is 4.68. The molecule has 1 saturated heterocycles. The van der Waals surface area contributed by atoms with E-state index >= 15 is 0 Å². The van der Waals surface area contributed by atoms with E-state index in [2.05, 4.69) is 32.5 Å². The van der Waals surface area contributed by atoms with E-state index in [0.29, 0.717) is 0 Å². The third-order valence-electron chi connectivity index (χ3n) is 5.21. The van der Waals surface area contributed by atoms with Gasteiger partial charge in [-0.05, 0) is 29.5 Å². The standard InChI is InChI=1S/C22H28NO2S/c1-23(2)15-13-19(14-16-23)25-22(24)21(17-7-5-4-6-8-17)18-9-11-20(26-3)12-10-18/h4-12,19,21H,13-16H2,1-3H3/q+1. The summed E-state index contributed by atoms with van der Waals surface area (Å²) in [6.45, 7) is 2.10. The lowest BCUT2D eigenvalue weighted by Crippen LogP contribution is -2.48. The first-order chi connectivity index (χ1) is 12.5. The molecule has 2 aromatic carbocycles. The van der Waals surface area contributed by atoms with Crippen LogP contribution in [0.5, 0.6) is 0 Å². The summed E-state index contributed by atoms with van der Waals surface area (Å²) in [5.74, 6) is -0.498. The molecule has 3 rings (SSSR count). The van der Waals surface area contributed by atoms with Crippen molar-refractivity contribution in [1.29, 1.82) is 0 Å². The Morgan fingerprint density at radius 2 is 1.58 bits per heavy atom. The number of nitrogens with zero attached hydrogens (tertiary/aromatic N) is 1. The van der Waals surface area contributed by atoms with E-state index in [1.807, 2.05) is 42.5 Å². The molecule has 0 aliphatic carbocycles. The van der Waals surface area contributed by atoms with Crippen molar-refractivity contribution in [2.24, 2.45) is 0 Å². The second-order valence-electron chi connectivity index (χ2n) is 7.64. The second-order valence-corrected chi connectivity index (χ2v) is 8.52. The maximum absolute atomic E-state index is 13.1. The van der Waals surface area contributed by atoms with Gasteiger partial charge in [-0.1, -0.05) is 42.5 Å². The van der Waals surface area contributed by atoms with Crippen LogP contribution >= 0.6 is 11.8 Å². The molecule has 138 valence electrons. The molecule has 0 radical (unpaired) electrons. The molecule has 0 amide bonds. The smallest absolute Gasteiger partial charge is 0.318 e. The number of rotatable bonds is 5. The van der Waals surface area contributed by atoms with Gasteiger partial charge in [-0.3, -0.25) is 4.79 Å². The lowest BCUT2D eigenvalue weighted by Gasteiger charge is -2.37. The zero-order valence-corrected chi connectivity index (χ0v) is 16.7. The van der Waals surface area contributed by atoms with Crippen molar-refractivity contribution in [2.45, 2.75) is 29.8 Å². The van der Waals surface area contributed by atoms with Gasteiger partial charge in [-0.15, -0.1) is 11.8 Å². The van der Waals surface area contributed by atoms with Gasteiger partial charge in [0.05, 0.1) is 27.2 Å². The Morgan fingerprint density at radius 1 is 1.00 bits per heavy atom. The van der Waals surface area contributed by atoms with E-state index in [1.54, 1.807) is 11.8 Å². The van der Waals surface area contributed by atoms with Crippen LogP contribution < -0.4 is 0 Å². The van der Waals surface area contributed by atoms with Gasteiger partial charge < -0.3 is 9.22 Å². The summed E-state index contributed by atoms with van der Waals surface area (Å²) in [6.07, 6.45) is 3.96. The minimum atomic E-state index is -0.364. The maximum Gasteiger partial charge on any atom is 0.318 e. The highest BCUT2D eigenvalue weighted by molar-refractivity contribution is 7.98. The third-order valence-corrected chi connectivity index (χ3v) is 5.96. The van der Waals surface area contributed by atoms with Gasteiger partial charge in [0.2, 0.25) is 0 Å². The van der Waals surface area contributed by atoms with E-state index in [1.165, 1.54) is 4.90 Å². The van der Waals surface area contributed by atoms with Crippen molar-refractivity contribution in [1.82, 2.24) is 0 Å². The normalized spacial score (nSPS) is 18.3. The number of ether oxygens (including phenoxy) is 1. The summed E-state index contributed by atoms with van der Waals surface area (Å²) in [6, 6.07) is 18.2. The van der Waals surface area contributed by atoms with Gasteiger partial charge in [-0.2, -0.15) is 0 Å². The van der Waals surface area contributed by atoms with E-state index in [0.717, 1.165) is 41.5 Å². The van der Waals surface area contributed by atoms with Crippen LogP contribution in [-0.4, -0.2) is 50.0 Å². The van der Waals surface area contributed by atoms with Crippen molar-refractivity contribution >= 4 is 17.7 Å². The molecule has 1 aliphatic rings. The Labute approximate surface area is 161 Å². The number of quaternary nitrogens is 1. The minimum Gasteiger partial charge on any atom is -0.461 e. The second kappa shape index (κ2) is 8.28. The largest absolute Gasteiger partial charge is 0.461 e. The molecule has 1 unspecified atom stereocenters. The van der Waals surface area contributed by atoms with Crippen molar-refractivity contribution in [2.75, 3.05) is 33.4 Å². The molecule has 26 heavy (non-hydrogen) atoms. The lowest BCUT2D eigenvalue weighted by molar-refractivity contribution is -0.896. The monoisotopic (exact) mass is 370 g/mol. The highest BCUT2D eigenvalue weighted by Crippen LogP contribution is 2.29. The van der Waals surface area contributed by atoms with Crippen LogP contribution in [0.4, 0.5) is 0 Å². The van der Waals surface area contributed by atoms with Crippen LogP contribution in [0.1, 0.15) is 29.9 Å². The summed E-state index contributed by atoms with van der Waals surface area (Å²) in [5, 5.41) is 0. The first kappa shape index (κ1) is 19.0. The molecule has 1 atom stereocenters. The van der Waals surface area contributed by atoms with Gasteiger partial charge in [0.1, 0.15) is 12.0 Å². The lowest BCUT2D eigenvalue weighted by atomic mass is 9.91. The number of thioether (sulfide) groups is 1. The van der Waals surface area contributed by atoms with Gasteiger partial charge in [0.15, 0.2) is 0 Å². The van der Waals surface area contributed by atoms with Gasteiger partial charge >= 0.3 is 5.97 Å². The molecule has 0 spiro atoms. The van der Waals surface area contributed by atoms with Crippen LogP contribution in [0.25, 0.3) is 0 Å². The van der Waals surface area contributed by atoms with Crippen LogP contribution in [0.2, 0.25) is 0 Å². The fourth-order valence-corrected chi connectivity index (χ4v) is 3.91. The number of piperidine rings is 1. The first-order valence-electron chi connectivity index (χ1n) is 9.20. The number of esters is 1. The van der Waals surface area contributed by atoms with Gasteiger partial charge in [0, 0.05) is 17.7 Å². The molecular formula is C22H28NO2S+. The number of benzene rings is 2. The molecule has 2 aromatic rings. The predicted octanol–water partition coefficient (Wildman–Crippen LogP) is 4.32. The predicted molar refractivity (Wildman–Crippen MR) is 107 cm³/mol. The molecule has 0 aromatic heterocycles. The molecule has 1 aliphatic heterocycles. The Bertz CT molecular complexity index is 718. The summed E-state index contributed by atoms with van der Waals surface area (Å²) in [5.41, 5.74) is 1.98. The van der Waals surface area contributed by atoms with Crippen LogP contribution in [-0.2, 0) is 9.53 Å². The van der Waals surface area contributed by atoms with E-state index in [9.17, 15) is 4.79 Å². The first-order valence-corrected chi connectivity index (χ1v) is 10.4. The Hall–Kier alpha value is -1.78. The molecule has 3 nitrogen and oxygen atoms in total. The molecule has 1 heterocycles. The fourth-order valence-electron chi connectivity index (χ4n) is 3.50. The van der Waals surface area contributed by atoms with E-state index in [4.69, 9.17) is 4.74 Å². The quantitative estimate of drug-likeness (QED) is 0.445. The van der Waals surface area contributed by atoms with E-state index < -0.39 is 0 Å². The number of likely N-dealkylation sites (tertiary alicyclic amines) is 1. The molecule has 4 heteroatoms. The summed E-state index contributed by atoms with van der Waals surface area (Å²) in [4.78, 5) is 14.3. The molecule has 0 bridgehead atoms. The van der Waals surface area contributed by atoms with Gasteiger partial charge in [0.25, 0.3) is 0 Å². The fraction of sp³-hybridized carbons (Fsp3) is 0.409.